The zero-order valence-electron chi connectivity index (χ0n) is 27.0. The van der Waals surface area contributed by atoms with E-state index in [1.807, 2.05) is 12.1 Å². The first kappa shape index (κ1) is 34.5. The van der Waals surface area contributed by atoms with E-state index in [4.69, 9.17) is 9.47 Å². The first-order chi connectivity index (χ1) is 24.5. The number of ether oxygens (including phenoxy) is 2. The lowest BCUT2D eigenvalue weighted by molar-refractivity contribution is -0.139. The second kappa shape index (κ2) is 14.2. The summed E-state index contributed by atoms with van der Waals surface area (Å²) in [5, 5.41) is 17.6. The molecule has 0 fully saturated rings. The highest BCUT2D eigenvalue weighted by atomic mass is 32.2. The smallest absolute Gasteiger partial charge is 0.326 e. The van der Waals surface area contributed by atoms with Crippen LogP contribution in [0.15, 0.2) is 109 Å². The van der Waals surface area contributed by atoms with Crippen LogP contribution in [0.1, 0.15) is 15.9 Å². The van der Waals surface area contributed by atoms with Crippen molar-refractivity contribution in [2.45, 2.75) is 17.4 Å². The number of carbonyl (C=O) groups excluding carboxylic acids is 1. The molecular formula is C36H29F2N5O7S. The summed E-state index contributed by atoms with van der Waals surface area (Å²) in [5.74, 6) is -4.47. The highest BCUT2D eigenvalue weighted by molar-refractivity contribution is 7.92. The summed E-state index contributed by atoms with van der Waals surface area (Å²) in [6.45, 7) is 0. The summed E-state index contributed by atoms with van der Waals surface area (Å²) in [6.07, 6.45) is 2.50. The summed E-state index contributed by atoms with van der Waals surface area (Å²) in [4.78, 5) is 29.1. The number of carboxylic acid groups (broad SMARTS) is 1. The number of sulfonamides is 1. The number of hydrogen-bond acceptors (Lipinski definition) is 8. The van der Waals surface area contributed by atoms with Gasteiger partial charge in [0.25, 0.3) is 15.9 Å². The van der Waals surface area contributed by atoms with Crippen LogP contribution < -0.4 is 19.5 Å². The second-order valence-electron chi connectivity index (χ2n) is 11.2. The fourth-order valence-electron chi connectivity index (χ4n) is 5.71. The number of amides is 1. The maximum absolute atomic E-state index is 15.2. The van der Waals surface area contributed by atoms with Crippen LogP contribution >= 0.6 is 0 Å². The molecule has 3 N–H and O–H groups in total. The maximum Gasteiger partial charge on any atom is 0.326 e. The lowest BCUT2D eigenvalue weighted by Crippen LogP contribution is -2.43. The molecule has 15 heteroatoms. The summed E-state index contributed by atoms with van der Waals surface area (Å²) in [5.41, 5.74) is 0.933. The normalized spacial score (nSPS) is 11.9. The molecule has 260 valence electrons. The van der Waals surface area contributed by atoms with Gasteiger partial charge in [0.2, 0.25) is 0 Å². The third-order valence-electron chi connectivity index (χ3n) is 8.09. The van der Waals surface area contributed by atoms with Gasteiger partial charge in [-0.2, -0.15) is 5.10 Å². The van der Waals surface area contributed by atoms with Crippen molar-refractivity contribution in [3.05, 3.63) is 126 Å². The predicted molar refractivity (Wildman–Crippen MR) is 184 cm³/mol. The Morgan fingerprint density at radius 2 is 1.53 bits per heavy atom. The number of carboxylic acids is 1. The van der Waals surface area contributed by atoms with Gasteiger partial charge >= 0.3 is 5.97 Å². The topological polar surface area (TPSA) is 162 Å². The number of nitrogens with zero attached hydrogens (tertiary/aromatic N) is 3. The van der Waals surface area contributed by atoms with Crippen molar-refractivity contribution < 1.29 is 41.4 Å². The molecule has 6 aromatic rings. The van der Waals surface area contributed by atoms with Crippen molar-refractivity contribution in [2.75, 3.05) is 18.9 Å². The number of methoxy groups -OCH3 is 2. The van der Waals surface area contributed by atoms with Crippen molar-refractivity contribution >= 4 is 38.4 Å². The average molecular weight is 714 g/mol. The Labute approximate surface area is 290 Å². The zero-order chi connectivity index (χ0) is 36.3. The number of rotatable bonds is 12. The minimum absolute atomic E-state index is 0.207. The van der Waals surface area contributed by atoms with Crippen LogP contribution in [0.5, 0.6) is 11.5 Å². The Hall–Kier alpha value is -6.35. The summed E-state index contributed by atoms with van der Waals surface area (Å²) in [6, 6.07) is 21.2. The van der Waals surface area contributed by atoms with E-state index >= 15 is 8.78 Å². The van der Waals surface area contributed by atoms with E-state index in [1.54, 1.807) is 42.5 Å². The first-order valence-corrected chi connectivity index (χ1v) is 16.7. The molecule has 5 aromatic carbocycles. The van der Waals surface area contributed by atoms with Gasteiger partial charge in [0.05, 0.1) is 36.1 Å². The van der Waals surface area contributed by atoms with Gasteiger partial charge in [-0.15, -0.1) is 0 Å². The van der Waals surface area contributed by atoms with Gasteiger partial charge in [-0.1, -0.05) is 42.5 Å². The Bertz CT molecular complexity index is 2330. The van der Waals surface area contributed by atoms with Crippen molar-refractivity contribution in [1.29, 1.82) is 0 Å². The monoisotopic (exact) mass is 713 g/mol. The largest absolute Gasteiger partial charge is 0.496 e. The molecule has 0 aliphatic carbocycles. The lowest BCUT2D eigenvalue weighted by atomic mass is 9.91. The average Bonchev–Trinajstić information content (AvgIpc) is 3.66. The number of aromatic nitrogens is 3. The summed E-state index contributed by atoms with van der Waals surface area (Å²) >= 11 is 0. The van der Waals surface area contributed by atoms with Crippen LogP contribution in [0.2, 0.25) is 0 Å². The van der Waals surface area contributed by atoms with E-state index in [0.717, 1.165) is 10.9 Å². The van der Waals surface area contributed by atoms with E-state index in [-0.39, 0.29) is 11.3 Å². The number of halogens is 2. The van der Waals surface area contributed by atoms with E-state index in [2.05, 4.69) is 20.1 Å². The Kier molecular flexibility index (Phi) is 9.64. The van der Waals surface area contributed by atoms with Crippen molar-refractivity contribution in [1.82, 2.24) is 20.1 Å². The molecule has 1 aromatic heterocycles. The van der Waals surface area contributed by atoms with E-state index in [1.165, 1.54) is 55.8 Å². The van der Waals surface area contributed by atoms with Crippen LogP contribution in [-0.4, -0.2) is 60.4 Å². The number of nitrogens with one attached hydrogen (secondary N) is 2. The molecule has 1 atom stereocenters. The number of hydrogen-bond donors (Lipinski definition) is 3. The van der Waals surface area contributed by atoms with Crippen LogP contribution in [0, 0.1) is 11.6 Å². The van der Waals surface area contributed by atoms with Gasteiger partial charge < -0.3 is 19.9 Å². The van der Waals surface area contributed by atoms with Gasteiger partial charge in [-0.3, -0.25) is 9.52 Å². The van der Waals surface area contributed by atoms with Crippen molar-refractivity contribution in [3.63, 3.8) is 0 Å². The standard InChI is InChI=1S/C36H29F2N5O7S/c1-49-31-8-5-9-32(50-2)33(31)27-15-10-21(25-6-3-4-7-26(25)27)16-30(36(45)46)41-35(44)34-28(37)17-22(18-29(34)38)42-51(47,48)24-13-11-23(12-14-24)43-20-39-19-40-43/h3-15,17-20,30,42H,16H2,1-2H3,(H,41,44)(H,45,46). The fraction of sp³-hybridized carbons (Fsp3) is 0.111. The van der Waals surface area contributed by atoms with Gasteiger partial charge in [-0.25, -0.2) is 31.7 Å². The molecule has 1 unspecified atom stereocenters. The van der Waals surface area contributed by atoms with Gasteiger partial charge in [-0.05, 0) is 70.4 Å². The molecular weight excluding hydrogens is 684 g/mol. The van der Waals surface area contributed by atoms with Crippen molar-refractivity contribution in [3.8, 4) is 28.3 Å². The first-order valence-electron chi connectivity index (χ1n) is 15.2. The fourth-order valence-corrected chi connectivity index (χ4v) is 6.75. The molecule has 0 aliphatic rings. The number of fused-ring (bicyclic) bond motifs is 1. The summed E-state index contributed by atoms with van der Waals surface area (Å²) in [7, 11) is -1.23. The second-order valence-corrected chi connectivity index (χ2v) is 12.9. The number of carbonyl (C=O) groups is 2. The third kappa shape index (κ3) is 7.05. The number of benzene rings is 5. The number of anilines is 1. The van der Waals surface area contributed by atoms with E-state index < -0.39 is 50.8 Å². The predicted octanol–water partition coefficient (Wildman–Crippen LogP) is 5.61. The highest BCUT2D eigenvalue weighted by Crippen LogP contribution is 2.42. The Morgan fingerprint density at radius 1 is 0.882 bits per heavy atom. The Balaban J connectivity index is 1.23. The molecule has 0 radical (unpaired) electrons. The van der Waals surface area contributed by atoms with Crippen LogP contribution in [-0.2, 0) is 21.2 Å². The molecule has 12 nitrogen and oxygen atoms in total. The minimum Gasteiger partial charge on any atom is -0.496 e. The molecule has 0 saturated carbocycles. The highest BCUT2D eigenvalue weighted by Gasteiger charge is 2.27. The van der Waals surface area contributed by atoms with Crippen LogP contribution in [0.3, 0.4) is 0 Å². The van der Waals surface area contributed by atoms with Crippen molar-refractivity contribution in [2.24, 2.45) is 0 Å². The van der Waals surface area contributed by atoms with Gasteiger partial charge in [0, 0.05) is 6.42 Å². The van der Waals surface area contributed by atoms with Crippen LogP contribution in [0.4, 0.5) is 14.5 Å². The third-order valence-corrected chi connectivity index (χ3v) is 9.49. The molecule has 1 amide bonds. The van der Waals surface area contributed by atoms with Gasteiger partial charge in [0.1, 0.15) is 47.4 Å². The molecule has 0 aliphatic heterocycles. The molecule has 51 heavy (non-hydrogen) atoms. The quantitative estimate of drug-likeness (QED) is 0.146. The minimum atomic E-state index is -4.30. The van der Waals surface area contributed by atoms with E-state index in [0.29, 0.717) is 45.8 Å². The molecule has 0 bridgehead atoms. The van der Waals surface area contributed by atoms with E-state index in [9.17, 15) is 23.1 Å². The zero-order valence-corrected chi connectivity index (χ0v) is 27.8. The lowest BCUT2D eigenvalue weighted by Gasteiger charge is -2.19. The molecule has 0 spiro atoms. The number of aliphatic carboxylic acids is 1. The maximum atomic E-state index is 15.2. The van der Waals surface area contributed by atoms with Gasteiger partial charge in [0.15, 0.2) is 0 Å². The SMILES string of the molecule is COc1cccc(OC)c1-c1ccc(CC(NC(=O)c2c(F)cc(NS(=O)(=O)c3ccc(-n4cncn4)cc3)cc2F)C(=O)O)c2ccccc12. The molecule has 0 saturated heterocycles. The Morgan fingerprint density at radius 3 is 2.12 bits per heavy atom. The molecule has 6 rings (SSSR count). The summed E-state index contributed by atoms with van der Waals surface area (Å²) < 4.78 is 71.1. The van der Waals surface area contributed by atoms with Crippen LogP contribution in [0.25, 0.3) is 27.6 Å². The molecule has 1 heterocycles.